The zero-order chi connectivity index (χ0) is 9.68. The molecule has 0 atom stereocenters. The maximum Gasteiger partial charge on any atom is 0.142 e. The molecule has 1 N–H and O–H groups in total. The molecule has 3 nitrogen and oxygen atoms in total. The average molecular weight is 291 g/mol. The molecule has 0 aliphatic heterocycles. The summed E-state index contributed by atoms with van der Waals surface area (Å²) < 4.78 is 1.07. The van der Waals surface area contributed by atoms with Gasteiger partial charge < -0.3 is 5.32 Å². The molecular formula is C9H14IN3. The molecule has 1 aromatic rings. The number of nitrogens with zero attached hydrogens (tertiary/aromatic N) is 2. The molecule has 0 spiro atoms. The highest BCUT2D eigenvalue weighted by Crippen LogP contribution is 2.12. The Labute approximate surface area is 92.5 Å². The van der Waals surface area contributed by atoms with Gasteiger partial charge in [-0.1, -0.05) is 13.8 Å². The molecule has 0 amide bonds. The summed E-state index contributed by atoms with van der Waals surface area (Å²) in [4.78, 5) is 8.07. The summed E-state index contributed by atoms with van der Waals surface area (Å²) in [5.74, 6) is 1.67. The van der Waals surface area contributed by atoms with Gasteiger partial charge in [-0.3, -0.25) is 0 Å². The number of anilines is 1. The molecule has 72 valence electrons. The fourth-order valence-electron chi connectivity index (χ4n) is 0.922. The van der Waals surface area contributed by atoms with Crippen LogP contribution in [0.2, 0.25) is 0 Å². The van der Waals surface area contributed by atoms with E-state index in [1.165, 1.54) is 6.42 Å². The molecule has 0 radical (unpaired) electrons. The predicted molar refractivity (Wildman–Crippen MR) is 62.7 cm³/mol. The second-order valence-corrected chi connectivity index (χ2v) is 4.49. The van der Waals surface area contributed by atoms with Gasteiger partial charge in [0.25, 0.3) is 0 Å². The normalized spacial score (nSPS) is 10.5. The molecule has 1 heterocycles. The van der Waals surface area contributed by atoms with Crippen LogP contribution >= 0.6 is 22.6 Å². The highest BCUT2D eigenvalue weighted by atomic mass is 127. The summed E-state index contributed by atoms with van der Waals surface area (Å²) in [7, 11) is 0. The Morgan fingerprint density at radius 3 is 2.92 bits per heavy atom. The van der Waals surface area contributed by atoms with Gasteiger partial charge in [-0.2, -0.15) is 0 Å². The van der Waals surface area contributed by atoms with Gasteiger partial charge in [-0.15, -0.1) is 0 Å². The van der Waals surface area contributed by atoms with Crippen LogP contribution in [0.4, 0.5) is 5.82 Å². The zero-order valence-corrected chi connectivity index (χ0v) is 10.1. The van der Waals surface area contributed by atoms with Gasteiger partial charge >= 0.3 is 0 Å². The van der Waals surface area contributed by atoms with E-state index in [1.54, 1.807) is 6.33 Å². The van der Waals surface area contributed by atoms with E-state index in [-0.39, 0.29) is 0 Å². The maximum atomic E-state index is 4.15. The molecule has 4 heteroatoms. The van der Waals surface area contributed by atoms with E-state index < -0.39 is 0 Å². The minimum atomic E-state index is 0.729. The standard InChI is InChI=1S/C9H14IN3/c1-7(2)3-4-12-9-8(10)5-11-6-13-9/h5-7H,3-4H2,1-2H3,(H,11,12,13). The largest absolute Gasteiger partial charge is 0.369 e. The van der Waals surface area contributed by atoms with Crippen LogP contribution in [0.15, 0.2) is 12.5 Å². The molecule has 0 unspecified atom stereocenters. The number of aromatic nitrogens is 2. The molecule has 1 aromatic heterocycles. The smallest absolute Gasteiger partial charge is 0.142 e. The minimum Gasteiger partial charge on any atom is -0.369 e. The van der Waals surface area contributed by atoms with Gasteiger partial charge in [-0.25, -0.2) is 9.97 Å². The Morgan fingerprint density at radius 2 is 2.31 bits per heavy atom. The van der Waals surface area contributed by atoms with Crippen molar-refractivity contribution in [2.45, 2.75) is 20.3 Å². The molecule has 0 saturated heterocycles. The van der Waals surface area contributed by atoms with E-state index in [4.69, 9.17) is 0 Å². The SMILES string of the molecule is CC(C)CCNc1ncncc1I. The van der Waals surface area contributed by atoms with E-state index in [0.29, 0.717) is 0 Å². The number of hydrogen-bond acceptors (Lipinski definition) is 3. The van der Waals surface area contributed by atoms with Gasteiger partial charge in [0.05, 0.1) is 3.57 Å². The first-order chi connectivity index (χ1) is 6.20. The van der Waals surface area contributed by atoms with Crippen molar-refractivity contribution in [2.24, 2.45) is 5.92 Å². The Hall–Kier alpha value is -0.390. The summed E-state index contributed by atoms with van der Waals surface area (Å²) in [6.07, 6.45) is 4.55. The summed E-state index contributed by atoms with van der Waals surface area (Å²) in [5, 5.41) is 3.29. The lowest BCUT2D eigenvalue weighted by Crippen LogP contribution is -2.07. The van der Waals surface area contributed by atoms with Crippen molar-refractivity contribution in [3.05, 3.63) is 16.1 Å². The second-order valence-electron chi connectivity index (χ2n) is 3.33. The topological polar surface area (TPSA) is 37.8 Å². The quantitative estimate of drug-likeness (QED) is 0.866. The molecule has 13 heavy (non-hydrogen) atoms. The Bertz CT molecular complexity index is 263. The lowest BCUT2D eigenvalue weighted by Gasteiger charge is -2.07. The molecular weight excluding hydrogens is 277 g/mol. The zero-order valence-electron chi connectivity index (χ0n) is 7.92. The van der Waals surface area contributed by atoms with Crippen molar-refractivity contribution in [2.75, 3.05) is 11.9 Å². The van der Waals surface area contributed by atoms with Gasteiger partial charge in [-0.05, 0) is 34.9 Å². The molecule has 0 saturated carbocycles. The number of hydrogen-bond donors (Lipinski definition) is 1. The van der Waals surface area contributed by atoms with E-state index in [0.717, 1.165) is 21.9 Å². The Balaban J connectivity index is 2.41. The first kappa shape index (κ1) is 10.7. The predicted octanol–water partition coefficient (Wildman–Crippen LogP) is 2.54. The Kier molecular flexibility index (Phi) is 4.41. The fraction of sp³-hybridized carbons (Fsp3) is 0.556. The van der Waals surface area contributed by atoms with E-state index in [2.05, 4.69) is 51.7 Å². The van der Waals surface area contributed by atoms with Gasteiger partial charge in [0.1, 0.15) is 12.1 Å². The second kappa shape index (κ2) is 5.36. The van der Waals surface area contributed by atoms with Crippen LogP contribution in [0.25, 0.3) is 0 Å². The van der Waals surface area contributed by atoms with E-state index in [9.17, 15) is 0 Å². The van der Waals surface area contributed by atoms with Gasteiger partial charge in [0.15, 0.2) is 0 Å². The van der Waals surface area contributed by atoms with Crippen LogP contribution in [0.1, 0.15) is 20.3 Å². The monoisotopic (exact) mass is 291 g/mol. The third-order valence-corrected chi connectivity index (χ3v) is 2.47. The summed E-state index contributed by atoms with van der Waals surface area (Å²) >= 11 is 2.23. The molecule has 1 rings (SSSR count). The summed E-state index contributed by atoms with van der Waals surface area (Å²) in [6.45, 7) is 5.41. The van der Waals surface area contributed by atoms with Gasteiger partial charge in [0, 0.05) is 12.7 Å². The van der Waals surface area contributed by atoms with Crippen molar-refractivity contribution in [3.63, 3.8) is 0 Å². The third kappa shape index (κ3) is 3.89. The van der Waals surface area contributed by atoms with Crippen LogP contribution in [0, 0.1) is 9.49 Å². The van der Waals surface area contributed by atoms with Gasteiger partial charge in [0.2, 0.25) is 0 Å². The summed E-state index contributed by atoms with van der Waals surface area (Å²) in [5.41, 5.74) is 0. The number of halogens is 1. The number of nitrogens with one attached hydrogen (secondary N) is 1. The van der Waals surface area contributed by atoms with Crippen molar-refractivity contribution in [1.82, 2.24) is 9.97 Å². The highest BCUT2D eigenvalue weighted by molar-refractivity contribution is 14.1. The molecule has 0 fully saturated rings. The minimum absolute atomic E-state index is 0.729. The third-order valence-electron chi connectivity index (χ3n) is 1.68. The lowest BCUT2D eigenvalue weighted by molar-refractivity contribution is 0.606. The van der Waals surface area contributed by atoms with Crippen LogP contribution < -0.4 is 5.32 Å². The molecule has 0 aromatic carbocycles. The molecule has 0 aliphatic carbocycles. The van der Waals surface area contributed by atoms with Crippen LogP contribution in [-0.2, 0) is 0 Å². The molecule has 0 aliphatic rings. The lowest BCUT2D eigenvalue weighted by atomic mass is 10.1. The van der Waals surface area contributed by atoms with Crippen molar-refractivity contribution in [1.29, 1.82) is 0 Å². The van der Waals surface area contributed by atoms with Crippen molar-refractivity contribution < 1.29 is 0 Å². The Morgan fingerprint density at radius 1 is 1.54 bits per heavy atom. The molecule has 0 bridgehead atoms. The number of rotatable bonds is 4. The average Bonchev–Trinajstić information content (AvgIpc) is 2.08. The summed E-state index contributed by atoms with van der Waals surface area (Å²) in [6, 6.07) is 0. The first-order valence-corrected chi connectivity index (χ1v) is 5.47. The van der Waals surface area contributed by atoms with Crippen LogP contribution in [0.3, 0.4) is 0 Å². The van der Waals surface area contributed by atoms with Crippen LogP contribution in [0.5, 0.6) is 0 Å². The first-order valence-electron chi connectivity index (χ1n) is 4.39. The van der Waals surface area contributed by atoms with E-state index >= 15 is 0 Å². The van der Waals surface area contributed by atoms with Crippen LogP contribution in [-0.4, -0.2) is 16.5 Å². The highest BCUT2D eigenvalue weighted by Gasteiger charge is 1.99. The van der Waals surface area contributed by atoms with Crippen molar-refractivity contribution >= 4 is 28.4 Å². The maximum absolute atomic E-state index is 4.15. The van der Waals surface area contributed by atoms with E-state index in [1.807, 2.05) is 6.20 Å². The fourth-order valence-corrected chi connectivity index (χ4v) is 1.41. The van der Waals surface area contributed by atoms with Crippen molar-refractivity contribution in [3.8, 4) is 0 Å².